The second-order valence-electron chi connectivity index (χ2n) is 7.16. The van der Waals surface area contributed by atoms with Gasteiger partial charge in [-0.2, -0.15) is 0 Å². The number of nitrogens with one attached hydrogen (secondary N) is 3. The summed E-state index contributed by atoms with van der Waals surface area (Å²) in [5, 5.41) is 2.70. The minimum atomic E-state index is -4.05. The maximum Gasteiger partial charge on any atom is 0.267 e. The summed E-state index contributed by atoms with van der Waals surface area (Å²) in [6.45, 7) is 3.63. The molecular weight excluding hydrogens is 430 g/mol. The highest BCUT2D eigenvalue weighted by atomic mass is 32.2. The highest BCUT2D eigenvalue weighted by Gasteiger charge is 2.24. The van der Waals surface area contributed by atoms with Gasteiger partial charge in [-0.15, -0.1) is 0 Å². The van der Waals surface area contributed by atoms with Crippen LogP contribution in [0.3, 0.4) is 0 Å². The van der Waals surface area contributed by atoms with Crippen molar-refractivity contribution in [2.24, 2.45) is 0 Å². The van der Waals surface area contributed by atoms with Crippen LogP contribution in [-0.4, -0.2) is 36.4 Å². The normalized spacial score (nSPS) is 11.3. The molecule has 4 rings (SSSR count). The number of nitrogens with zero attached hydrogens (tertiary/aromatic N) is 2. The van der Waals surface area contributed by atoms with Gasteiger partial charge >= 0.3 is 0 Å². The van der Waals surface area contributed by atoms with Gasteiger partial charge in [0.25, 0.3) is 15.9 Å². The summed E-state index contributed by atoms with van der Waals surface area (Å²) in [6, 6.07) is 10.1. The third kappa shape index (κ3) is 4.00. The molecule has 0 saturated carbocycles. The molecule has 1 aromatic carbocycles. The summed E-state index contributed by atoms with van der Waals surface area (Å²) >= 11 is 0. The number of amides is 1. The Balaban J connectivity index is 1.67. The minimum Gasteiger partial charge on any atom is -0.480 e. The van der Waals surface area contributed by atoms with Crippen molar-refractivity contribution < 1.29 is 17.9 Å². The third-order valence-electron chi connectivity index (χ3n) is 4.98. The van der Waals surface area contributed by atoms with Crippen molar-refractivity contribution in [3.63, 3.8) is 0 Å². The van der Waals surface area contributed by atoms with Gasteiger partial charge in [0.1, 0.15) is 5.82 Å². The van der Waals surface area contributed by atoms with E-state index in [2.05, 4.69) is 25.0 Å². The van der Waals surface area contributed by atoms with Crippen molar-refractivity contribution in [2.45, 2.75) is 18.7 Å². The Morgan fingerprint density at radius 2 is 1.84 bits per heavy atom. The number of carbonyl (C=O) groups excluding carboxylic acids is 1. The number of anilines is 2. The van der Waals surface area contributed by atoms with Crippen LogP contribution in [0.5, 0.6) is 5.88 Å². The molecule has 1 amide bonds. The number of ether oxygens (including phenoxy) is 1. The molecule has 3 N–H and O–H groups in total. The summed E-state index contributed by atoms with van der Waals surface area (Å²) in [5.74, 6) is 0.0697. The highest BCUT2D eigenvalue weighted by molar-refractivity contribution is 7.92. The van der Waals surface area contributed by atoms with E-state index in [1.54, 1.807) is 24.5 Å². The zero-order valence-electron chi connectivity index (χ0n) is 17.6. The Hall–Kier alpha value is -3.92. The number of fused-ring (bicyclic) bond motifs is 1. The zero-order chi connectivity index (χ0) is 22.9. The van der Waals surface area contributed by atoms with Gasteiger partial charge in [-0.25, -0.2) is 18.4 Å². The smallest absolute Gasteiger partial charge is 0.267 e. The van der Waals surface area contributed by atoms with Crippen LogP contribution in [0.1, 0.15) is 21.5 Å². The van der Waals surface area contributed by atoms with E-state index in [1.165, 1.54) is 19.4 Å². The molecule has 10 heteroatoms. The molecule has 0 saturated heterocycles. The number of pyridine rings is 2. The van der Waals surface area contributed by atoms with Crippen molar-refractivity contribution in [3.05, 3.63) is 71.7 Å². The standard InChI is InChI=1S/C22H21N5O4S/c1-13-5-4-6-14(2)19(13)27-32(29,30)18-11-15(12-25-22(18)31-3)26-21(28)17-8-10-24-20-16(17)7-9-23-20/h4-12,27H,1-3H3,(H,23,24)(H,26,28). The minimum absolute atomic E-state index is 0.0846. The fourth-order valence-corrected chi connectivity index (χ4v) is 4.72. The molecule has 0 fully saturated rings. The van der Waals surface area contributed by atoms with Gasteiger partial charge in [0.15, 0.2) is 4.90 Å². The number of aryl methyl sites for hydroxylation is 2. The van der Waals surface area contributed by atoms with E-state index in [9.17, 15) is 13.2 Å². The topological polar surface area (TPSA) is 126 Å². The summed E-state index contributed by atoms with van der Waals surface area (Å²) < 4.78 is 34.1. The predicted molar refractivity (Wildman–Crippen MR) is 121 cm³/mol. The van der Waals surface area contributed by atoms with Gasteiger partial charge in [0, 0.05) is 18.0 Å². The van der Waals surface area contributed by atoms with E-state index >= 15 is 0 Å². The Morgan fingerprint density at radius 1 is 1.09 bits per heavy atom. The first kappa shape index (κ1) is 21.3. The summed E-state index contributed by atoms with van der Waals surface area (Å²) in [4.78, 5) is 23.8. The van der Waals surface area contributed by atoms with Gasteiger partial charge in [0.2, 0.25) is 5.88 Å². The molecule has 164 valence electrons. The number of para-hydroxylation sites is 1. The van der Waals surface area contributed by atoms with E-state index in [0.717, 1.165) is 11.1 Å². The summed E-state index contributed by atoms with van der Waals surface area (Å²) in [5.41, 5.74) is 3.28. The lowest BCUT2D eigenvalue weighted by Gasteiger charge is -2.15. The highest BCUT2D eigenvalue weighted by Crippen LogP contribution is 2.29. The van der Waals surface area contributed by atoms with E-state index in [0.29, 0.717) is 22.6 Å². The molecule has 2 aliphatic rings. The molecule has 9 nitrogen and oxygen atoms in total. The van der Waals surface area contributed by atoms with Crippen molar-refractivity contribution in [1.82, 2.24) is 15.0 Å². The first-order valence-electron chi connectivity index (χ1n) is 9.66. The van der Waals surface area contributed by atoms with Crippen LogP contribution in [0.4, 0.5) is 11.4 Å². The number of hydrogen-bond acceptors (Lipinski definition) is 6. The van der Waals surface area contributed by atoms with Gasteiger partial charge in [-0.05, 0) is 43.2 Å². The molecule has 0 unspecified atom stereocenters. The van der Waals surface area contributed by atoms with Crippen LogP contribution in [0.15, 0.2) is 59.9 Å². The van der Waals surface area contributed by atoms with Crippen molar-refractivity contribution in [1.29, 1.82) is 0 Å². The number of H-pyrrole nitrogens is 1. The Labute approximate surface area is 185 Å². The number of sulfonamides is 1. The van der Waals surface area contributed by atoms with Crippen LogP contribution in [0.25, 0.3) is 11.4 Å². The summed E-state index contributed by atoms with van der Waals surface area (Å²) in [6.07, 6.45) is 4.54. The number of methoxy groups -OCH3 is 1. The zero-order valence-corrected chi connectivity index (χ0v) is 18.4. The van der Waals surface area contributed by atoms with Gasteiger partial charge in [-0.1, -0.05) is 18.2 Å². The lowest BCUT2D eigenvalue weighted by molar-refractivity contribution is 0.102. The fourth-order valence-electron chi connectivity index (χ4n) is 3.37. The second kappa shape index (κ2) is 8.31. The maximum atomic E-state index is 13.2. The molecule has 0 atom stereocenters. The molecule has 2 aliphatic heterocycles. The van der Waals surface area contributed by atoms with Crippen LogP contribution in [0.2, 0.25) is 0 Å². The molecule has 0 bridgehead atoms. The van der Waals surface area contributed by atoms with E-state index in [4.69, 9.17) is 4.74 Å². The van der Waals surface area contributed by atoms with Crippen LogP contribution in [-0.2, 0) is 10.0 Å². The molecular formula is C22H21N5O4S. The Bertz CT molecular complexity index is 1360. The van der Waals surface area contributed by atoms with Crippen molar-refractivity contribution in [3.8, 4) is 17.3 Å². The average molecular weight is 452 g/mol. The van der Waals surface area contributed by atoms with Crippen LogP contribution >= 0.6 is 0 Å². The lowest BCUT2D eigenvalue weighted by atomic mass is 10.1. The van der Waals surface area contributed by atoms with E-state index in [-0.39, 0.29) is 16.5 Å². The molecule has 2 aromatic rings. The number of aromatic amines is 1. The molecule has 1 aromatic heterocycles. The molecule has 0 radical (unpaired) electrons. The van der Waals surface area contributed by atoms with Crippen molar-refractivity contribution in [2.75, 3.05) is 17.1 Å². The number of carbonyl (C=O) groups is 1. The van der Waals surface area contributed by atoms with Crippen molar-refractivity contribution >= 4 is 27.3 Å². The molecule has 0 aliphatic carbocycles. The number of rotatable bonds is 6. The molecule has 0 spiro atoms. The largest absolute Gasteiger partial charge is 0.480 e. The summed E-state index contributed by atoms with van der Waals surface area (Å²) in [7, 11) is -2.72. The Kier molecular flexibility index (Phi) is 5.54. The van der Waals surface area contributed by atoms with Crippen LogP contribution in [0, 0.1) is 13.8 Å². The van der Waals surface area contributed by atoms with E-state index in [1.807, 2.05) is 32.0 Å². The maximum absolute atomic E-state index is 13.2. The van der Waals surface area contributed by atoms with Gasteiger partial charge < -0.3 is 15.0 Å². The lowest BCUT2D eigenvalue weighted by Crippen LogP contribution is -2.18. The second-order valence-corrected chi connectivity index (χ2v) is 8.81. The van der Waals surface area contributed by atoms with Gasteiger partial charge in [-0.3, -0.25) is 9.52 Å². The number of hydrogen-bond donors (Lipinski definition) is 3. The first-order chi connectivity index (χ1) is 15.3. The molecule has 32 heavy (non-hydrogen) atoms. The quantitative estimate of drug-likeness (QED) is 0.411. The SMILES string of the molecule is COc1ncc(NC(=O)c2cc[nH]c3nccc2-3)cc1S(=O)(=O)Nc1c(C)cccc1C. The van der Waals surface area contributed by atoms with Gasteiger partial charge in [0.05, 0.1) is 30.2 Å². The fraction of sp³-hybridized carbons (Fsp3) is 0.136. The van der Waals surface area contributed by atoms with E-state index < -0.39 is 15.9 Å². The third-order valence-corrected chi connectivity index (χ3v) is 6.33. The number of aromatic nitrogens is 3. The first-order valence-corrected chi connectivity index (χ1v) is 11.1. The average Bonchev–Trinajstić information content (AvgIpc) is 3.25. The molecule has 3 heterocycles. The number of benzene rings is 1. The Morgan fingerprint density at radius 3 is 2.56 bits per heavy atom. The monoisotopic (exact) mass is 451 g/mol. The predicted octanol–water partition coefficient (Wildman–Crippen LogP) is 3.59. The van der Waals surface area contributed by atoms with Crippen LogP contribution < -0.4 is 14.8 Å².